The van der Waals surface area contributed by atoms with Crippen molar-refractivity contribution >= 4 is 16.8 Å². The van der Waals surface area contributed by atoms with E-state index in [1.165, 1.54) is 24.3 Å². The molecule has 110 valence electrons. The number of halogens is 1. The van der Waals surface area contributed by atoms with Crippen LogP contribution in [0.2, 0.25) is 0 Å². The Morgan fingerprint density at radius 2 is 2.14 bits per heavy atom. The van der Waals surface area contributed by atoms with Gasteiger partial charge < -0.3 is 10.3 Å². The van der Waals surface area contributed by atoms with Gasteiger partial charge in [-0.15, -0.1) is 0 Å². The summed E-state index contributed by atoms with van der Waals surface area (Å²) >= 11 is 0. The van der Waals surface area contributed by atoms with Crippen molar-refractivity contribution in [3.05, 3.63) is 76.1 Å². The zero-order valence-electron chi connectivity index (χ0n) is 11.5. The summed E-state index contributed by atoms with van der Waals surface area (Å²) in [5.41, 5.74) is 0.470. The number of fused-ring (bicyclic) bond motifs is 1. The van der Waals surface area contributed by atoms with Crippen LogP contribution in [0.4, 0.5) is 4.39 Å². The summed E-state index contributed by atoms with van der Waals surface area (Å²) < 4.78 is 13.8. The molecule has 3 rings (SSSR count). The minimum absolute atomic E-state index is 0.0199. The number of hydrogen-bond acceptors (Lipinski definition) is 3. The number of nitrogens with one attached hydrogen (secondary N) is 2. The van der Waals surface area contributed by atoms with Crippen LogP contribution in [0.5, 0.6) is 0 Å². The second-order valence-corrected chi connectivity index (χ2v) is 4.75. The lowest BCUT2D eigenvalue weighted by molar-refractivity contribution is 0.0946. The molecule has 0 aliphatic rings. The highest BCUT2D eigenvalue weighted by atomic mass is 19.1. The molecule has 0 aliphatic heterocycles. The molecule has 1 aromatic carbocycles. The molecule has 0 saturated carbocycles. The predicted octanol–water partition coefficient (Wildman–Crippen LogP) is 1.99. The zero-order valence-corrected chi connectivity index (χ0v) is 11.5. The number of H-pyrrole nitrogens is 1. The maximum absolute atomic E-state index is 13.8. The topological polar surface area (TPSA) is 74.8 Å². The van der Waals surface area contributed by atoms with E-state index in [0.29, 0.717) is 0 Å². The predicted molar refractivity (Wildman–Crippen MR) is 79.9 cm³/mol. The van der Waals surface area contributed by atoms with E-state index >= 15 is 0 Å². The Balaban J connectivity index is 1.88. The molecular weight excluding hydrogens is 285 g/mol. The van der Waals surface area contributed by atoms with E-state index in [0.717, 1.165) is 5.56 Å². The number of hydrogen-bond donors (Lipinski definition) is 2. The van der Waals surface area contributed by atoms with Crippen LogP contribution in [0.15, 0.2) is 53.6 Å². The molecule has 2 heterocycles. The number of carbonyl (C=O) groups excluding carboxylic acids is 1. The molecule has 0 radical (unpaired) electrons. The van der Waals surface area contributed by atoms with Crippen LogP contribution in [0.1, 0.15) is 16.1 Å². The van der Waals surface area contributed by atoms with Crippen molar-refractivity contribution in [2.75, 3.05) is 0 Å². The number of para-hydroxylation sites is 1. The van der Waals surface area contributed by atoms with Crippen molar-refractivity contribution < 1.29 is 9.18 Å². The number of aromatic amines is 1. The van der Waals surface area contributed by atoms with Gasteiger partial charge in [0.25, 0.3) is 5.91 Å². The quantitative estimate of drug-likeness (QED) is 0.776. The van der Waals surface area contributed by atoms with Crippen molar-refractivity contribution in [2.24, 2.45) is 0 Å². The Kier molecular flexibility index (Phi) is 3.65. The number of amides is 1. The molecule has 22 heavy (non-hydrogen) atoms. The fourth-order valence-corrected chi connectivity index (χ4v) is 2.14. The molecule has 0 atom stereocenters. The van der Waals surface area contributed by atoms with Gasteiger partial charge in [-0.05, 0) is 23.8 Å². The minimum atomic E-state index is -0.573. The van der Waals surface area contributed by atoms with Gasteiger partial charge in [-0.3, -0.25) is 14.6 Å². The normalized spacial score (nSPS) is 10.6. The lowest BCUT2D eigenvalue weighted by atomic mass is 10.2. The first-order valence-electron chi connectivity index (χ1n) is 6.64. The highest BCUT2D eigenvalue weighted by Gasteiger charge is 2.11. The molecule has 0 spiro atoms. The third-order valence-electron chi connectivity index (χ3n) is 3.23. The van der Waals surface area contributed by atoms with Gasteiger partial charge >= 0.3 is 0 Å². The van der Waals surface area contributed by atoms with E-state index in [9.17, 15) is 14.0 Å². The molecule has 6 heteroatoms. The standard InChI is InChI=1S/C16H12FN3O2/c17-12-5-1-4-11-14(21)7-13(20-15(11)12)16(22)19-9-10-3-2-6-18-8-10/h1-8H,9H2,(H,19,22)(H,20,21). The highest BCUT2D eigenvalue weighted by molar-refractivity contribution is 5.94. The molecule has 2 N–H and O–H groups in total. The number of carbonyl (C=O) groups is 1. The molecule has 0 saturated heterocycles. The Morgan fingerprint density at radius 3 is 2.91 bits per heavy atom. The summed E-state index contributed by atoms with van der Waals surface area (Å²) in [6.07, 6.45) is 3.26. The third kappa shape index (κ3) is 2.71. The molecule has 3 aromatic rings. The van der Waals surface area contributed by atoms with Gasteiger partial charge in [0.15, 0.2) is 5.43 Å². The maximum atomic E-state index is 13.8. The molecule has 0 fully saturated rings. The first-order chi connectivity index (χ1) is 10.6. The molecular formula is C16H12FN3O2. The molecule has 2 aromatic heterocycles. The maximum Gasteiger partial charge on any atom is 0.268 e. The average Bonchev–Trinajstić information content (AvgIpc) is 2.54. The molecule has 0 bridgehead atoms. The van der Waals surface area contributed by atoms with Gasteiger partial charge in [0, 0.05) is 30.4 Å². The first-order valence-corrected chi connectivity index (χ1v) is 6.64. The Morgan fingerprint density at radius 1 is 1.27 bits per heavy atom. The lowest BCUT2D eigenvalue weighted by Gasteiger charge is -2.07. The summed E-state index contributed by atoms with van der Waals surface area (Å²) in [6.45, 7) is 0.268. The van der Waals surface area contributed by atoms with Crippen LogP contribution in [-0.2, 0) is 6.54 Å². The number of nitrogens with zero attached hydrogens (tertiary/aromatic N) is 1. The van der Waals surface area contributed by atoms with Crippen molar-refractivity contribution in [3.63, 3.8) is 0 Å². The van der Waals surface area contributed by atoms with Crippen molar-refractivity contribution in [2.45, 2.75) is 6.54 Å². The van der Waals surface area contributed by atoms with Crippen LogP contribution < -0.4 is 10.7 Å². The van der Waals surface area contributed by atoms with E-state index in [1.54, 1.807) is 18.5 Å². The average molecular weight is 297 g/mol. The van der Waals surface area contributed by atoms with Crippen molar-refractivity contribution in [1.29, 1.82) is 0 Å². The number of pyridine rings is 2. The fourth-order valence-electron chi connectivity index (χ4n) is 2.14. The highest BCUT2D eigenvalue weighted by Crippen LogP contribution is 2.12. The summed E-state index contributed by atoms with van der Waals surface area (Å²) in [5, 5.41) is 2.87. The van der Waals surface area contributed by atoms with Gasteiger partial charge in [-0.1, -0.05) is 12.1 Å². The second-order valence-electron chi connectivity index (χ2n) is 4.75. The smallest absolute Gasteiger partial charge is 0.268 e. The Hall–Kier alpha value is -3.02. The molecule has 0 aliphatic carbocycles. The van der Waals surface area contributed by atoms with Crippen molar-refractivity contribution in [1.82, 2.24) is 15.3 Å². The Bertz CT molecular complexity index is 891. The minimum Gasteiger partial charge on any atom is -0.348 e. The molecule has 0 unspecified atom stereocenters. The van der Waals surface area contributed by atoms with E-state index in [4.69, 9.17) is 0 Å². The summed E-state index contributed by atoms with van der Waals surface area (Å²) in [5.74, 6) is -1.05. The van der Waals surface area contributed by atoms with Crippen LogP contribution in [0, 0.1) is 5.82 Å². The number of benzene rings is 1. The van der Waals surface area contributed by atoms with Gasteiger partial charge in [0.05, 0.1) is 5.52 Å². The van der Waals surface area contributed by atoms with Crippen LogP contribution in [0.25, 0.3) is 10.9 Å². The Labute approximate surface area is 124 Å². The van der Waals surface area contributed by atoms with E-state index in [-0.39, 0.29) is 23.1 Å². The molecule has 1 amide bonds. The van der Waals surface area contributed by atoms with E-state index in [2.05, 4.69) is 15.3 Å². The monoisotopic (exact) mass is 297 g/mol. The second kappa shape index (κ2) is 5.77. The SMILES string of the molecule is O=C(NCc1cccnc1)c1cc(=O)c2cccc(F)c2[nH]1. The summed E-state index contributed by atoms with van der Waals surface area (Å²) in [4.78, 5) is 30.7. The van der Waals surface area contributed by atoms with E-state index < -0.39 is 17.2 Å². The van der Waals surface area contributed by atoms with E-state index in [1.807, 2.05) is 6.07 Å². The summed E-state index contributed by atoms with van der Waals surface area (Å²) in [6, 6.07) is 8.93. The van der Waals surface area contributed by atoms with Gasteiger partial charge in [-0.2, -0.15) is 0 Å². The third-order valence-corrected chi connectivity index (χ3v) is 3.23. The lowest BCUT2D eigenvalue weighted by Crippen LogP contribution is -2.25. The molecule has 5 nitrogen and oxygen atoms in total. The number of aromatic nitrogens is 2. The van der Waals surface area contributed by atoms with Gasteiger partial charge in [-0.25, -0.2) is 4.39 Å². The van der Waals surface area contributed by atoms with Gasteiger partial charge in [0.2, 0.25) is 0 Å². The summed E-state index contributed by atoms with van der Waals surface area (Å²) in [7, 11) is 0. The zero-order chi connectivity index (χ0) is 15.5. The van der Waals surface area contributed by atoms with Crippen LogP contribution >= 0.6 is 0 Å². The first kappa shape index (κ1) is 13.9. The van der Waals surface area contributed by atoms with Crippen LogP contribution in [-0.4, -0.2) is 15.9 Å². The fraction of sp³-hybridized carbons (Fsp3) is 0.0625. The van der Waals surface area contributed by atoms with Crippen LogP contribution in [0.3, 0.4) is 0 Å². The van der Waals surface area contributed by atoms with Gasteiger partial charge in [0.1, 0.15) is 11.5 Å². The number of rotatable bonds is 3. The van der Waals surface area contributed by atoms with Crippen molar-refractivity contribution in [3.8, 4) is 0 Å². The largest absolute Gasteiger partial charge is 0.348 e.